The summed E-state index contributed by atoms with van der Waals surface area (Å²) in [6, 6.07) is 31.8. The van der Waals surface area contributed by atoms with E-state index in [9.17, 15) is 19.2 Å². The molecule has 0 saturated heterocycles. The van der Waals surface area contributed by atoms with Crippen LogP contribution in [0.25, 0.3) is 11.1 Å². The Morgan fingerprint density at radius 3 is 1.87 bits per heavy atom. The molecule has 2 atom stereocenters. The number of rotatable bonds is 12. The number of esters is 2. The minimum Gasteiger partial charge on any atom is -0.467 e. The molecule has 1 N–H and O–H groups in total. The van der Waals surface area contributed by atoms with Gasteiger partial charge < -0.3 is 24.4 Å². The number of ether oxygens (including phenoxy) is 3. The van der Waals surface area contributed by atoms with Crippen molar-refractivity contribution in [3.8, 4) is 11.1 Å². The normalized spacial score (nSPS) is 13.0. The molecule has 0 unspecified atom stereocenters. The van der Waals surface area contributed by atoms with Crippen LogP contribution in [-0.4, -0.2) is 61.7 Å². The van der Waals surface area contributed by atoms with E-state index in [-0.39, 0.29) is 25.6 Å². The zero-order chi connectivity index (χ0) is 32.5. The van der Waals surface area contributed by atoms with Crippen molar-refractivity contribution in [1.29, 1.82) is 0 Å². The van der Waals surface area contributed by atoms with Crippen LogP contribution >= 0.6 is 0 Å². The highest BCUT2D eigenvalue weighted by atomic mass is 16.6. The number of likely N-dealkylation sites (N-methyl/N-ethyl adjacent to an activating group) is 1. The molecule has 1 aliphatic rings. The molecule has 9 nitrogen and oxygen atoms in total. The number of fused-ring (bicyclic) bond motifs is 3. The Bertz CT molecular complexity index is 1630. The predicted molar refractivity (Wildman–Crippen MR) is 172 cm³/mol. The van der Waals surface area contributed by atoms with E-state index in [1.807, 2.05) is 109 Å². The van der Waals surface area contributed by atoms with Crippen LogP contribution in [-0.2, 0) is 41.6 Å². The quantitative estimate of drug-likeness (QED) is 0.170. The van der Waals surface area contributed by atoms with Crippen LogP contribution in [0.5, 0.6) is 0 Å². The van der Waals surface area contributed by atoms with Crippen molar-refractivity contribution in [2.75, 3.05) is 20.8 Å². The number of carbonyl (C=O) groups is 4. The summed E-state index contributed by atoms with van der Waals surface area (Å²) in [6.45, 7) is 0.0218. The first kappa shape index (κ1) is 32.0. The highest BCUT2D eigenvalue weighted by Crippen LogP contribution is 2.44. The van der Waals surface area contributed by atoms with E-state index in [4.69, 9.17) is 14.2 Å². The molecule has 9 heteroatoms. The van der Waals surface area contributed by atoms with Crippen molar-refractivity contribution in [2.45, 2.75) is 37.5 Å². The first-order chi connectivity index (χ1) is 22.4. The first-order valence-electron chi connectivity index (χ1n) is 15.0. The maximum absolute atomic E-state index is 13.9. The number of hydrogen-bond donors (Lipinski definition) is 1. The molecule has 46 heavy (non-hydrogen) atoms. The zero-order valence-corrected chi connectivity index (χ0v) is 25.8. The molecule has 0 aliphatic heterocycles. The SMILES string of the molecule is COC(=O)[C@H](Cc1ccccc1)N(C)C(=O)[C@H](CC(=O)OCc1ccccc1)NC(=O)OCC1c2ccccc2-c2ccccc21. The van der Waals surface area contributed by atoms with Gasteiger partial charge in [-0.2, -0.15) is 0 Å². The molecule has 5 rings (SSSR count). The zero-order valence-electron chi connectivity index (χ0n) is 25.8. The van der Waals surface area contributed by atoms with Crippen LogP contribution in [0.3, 0.4) is 0 Å². The van der Waals surface area contributed by atoms with Crippen molar-refractivity contribution in [3.05, 3.63) is 131 Å². The standard InChI is InChI=1S/C37H36N2O7/c1-39(33(36(42)44-2)21-25-13-5-3-6-14-25)35(41)32(22-34(40)45-23-26-15-7-4-8-16-26)38-37(43)46-24-31-29-19-11-9-17-27(29)28-18-10-12-20-30(28)31/h3-20,31-33H,21-24H2,1-2H3,(H,38,43)/t32-,33-/m0/s1. The average molecular weight is 621 g/mol. The number of nitrogens with one attached hydrogen (secondary N) is 1. The van der Waals surface area contributed by atoms with Gasteiger partial charge >= 0.3 is 18.0 Å². The third-order valence-electron chi connectivity index (χ3n) is 8.11. The monoisotopic (exact) mass is 620 g/mol. The van der Waals surface area contributed by atoms with Crippen LogP contribution in [0, 0.1) is 0 Å². The second kappa shape index (κ2) is 15.0. The van der Waals surface area contributed by atoms with Crippen LogP contribution in [0.4, 0.5) is 4.79 Å². The molecule has 1 aliphatic carbocycles. The first-order valence-corrected chi connectivity index (χ1v) is 15.0. The molecule has 0 saturated carbocycles. The number of methoxy groups -OCH3 is 1. The second-order valence-electron chi connectivity index (χ2n) is 11.1. The largest absolute Gasteiger partial charge is 0.467 e. The summed E-state index contributed by atoms with van der Waals surface area (Å²) in [6.07, 6.45) is -1.17. The van der Waals surface area contributed by atoms with Crippen LogP contribution in [0.1, 0.15) is 34.6 Å². The third-order valence-corrected chi connectivity index (χ3v) is 8.11. The van der Waals surface area contributed by atoms with Crippen LogP contribution < -0.4 is 5.32 Å². The lowest BCUT2D eigenvalue weighted by Gasteiger charge is -2.30. The average Bonchev–Trinajstić information content (AvgIpc) is 3.42. The Balaban J connectivity index is 1.31. The number of alkyl carbamates (subject to hydrolysis) is 1. The van der Waals surface area contributed by atoms with E-state index >= 15 is 0 Å². The molecular weight excluding hydrogens is 584 g/mol. The molecule has 4 aromatic rings. The Morgan fingerprint density at radius 2 is 1.28 bits per heavy atom. The van der Waals surface area contributed by atoms with Gasteiger partial charge in [0.25, 0.3) is 0 Å². The van der Waals surface area contributed by atoms with Gasteiger partial charge in [-0.15, -0.1) is 0 Å². The predicted octanol–water partition coefficient (Wildman–Crippen LogP) is 5.27. The van der Waals surface area contributed by atoms with E-state index in [1.54, 1.807) is 0 Å². The molecule has 0 spiro atoms. The van der Waals surface area contributed by atoms with Gasteiger partial charge in [-0.25, -0.2) is 9.59 Å². The highest BCUT2D eigenvalue weighted by Gasteiger charge is 2.35. The molecule has 2 amide bonds. The molecule has 0 radical (unpaired) electrons. The van der Waals surface area contributed by atoms with Gasteiger partial charge in [-0.05, 0) is 33.4 Å². The summed E-state index contributed by atoms with van der Waals surface area (Å²) in [5.41, 5.74) is 5.81. The summed E-state index contributed by atoms with van der Waals surface area (Å²) in [7, 11) is 2.68. The van der Waals surface area contributed by atoms with Crippen LogP contribution in [0.2, 0.25) is 0 Å². The van der Waals surface area contributed by atoms with Crippen molar-refractivity contribution >= 4 is 23.9 Å². The topological polar surface area (TPSA) is 111 Å². The van der Waals surface area contributed by atoms with E-state index in [0.717, 1.165) is 33.4 Å². The summed E-state index contributed by atoms with van der Waals surface area (Å²) in [5, 5.41) is 2.57. The van der Waals surface area contributed by atoms with Gasteiger partial charge in [0.2, 0.25) is 5.91 Å². The van der Waals surface area contributed by atoms with E-state index in [0.29, 0.717) is 0 Å². The lowest BCUT2D eigenvalue weighted by molar-refractivity contribution is -0.153. The second-order valence-corrected chi connectivity index (χ2v) is 11.1. The molecule has 0 heterocycles. The lowest BCUT2D eigenvalue weighted by Crippen LogP contribution is -2.54. The van der Waals surface area contributed by atoms with Gasteiger partial charge in [0, 0.05) is 19.4 Å². The van der Waals surface area contributed by atoms with Crippen LogP contribution in [0.15, 0.2) is 109 Å². The molecular formula is C37H36N2O7. The van der Waals surface area contributed by atoms with Crippen molar-refractivity contribution in [2.24, 2.45) is 0 Å². The summed E-state index contributed by atoms with van der Waals surface area (Å²) in [4.78, 5) is 54.1. The number of nitrogens with zero attached hydrogens (tertiary/aromatic N) is 1. The van der Waals surface area contributed by atoms with E-state index < -0.39 is 42.4 Å². The molecule has 0 fully saturated rings. The van der Waals surface area contributed by atoms with Gasteiger partial charge in [-0.1, -0.05) is 109 Å². The molecule has 4 aromatic carbocycles. The van der Waals surface area contributed by atoms with Gasteiger partial charge in [-0.3, -0.25) is 9.59 Å². The van der Waals surface area contributed by atoms with E-state index in [2.05, 4.69) is 5.32 Å². The van der Waals surface area contributed by atoms with Crippen molar-refractivity contribution in [1.82, 2.24) is 10.2 Å². The smallest absolute Gasteiger partial charge is 0.407 e. The van der Waals surface area contributed by atoms with Gasteiger partial charge in [0.1, 0.15) is 25.3 Å². The number of amides is 2. The summed E-state index contributed by atoms with van der Waals surface area (Å²) in [5.74, 6) is -2.20. The minimum atomic E-state index is -1.37. The maximum Gasteiger partial charge on any atom is 0.407 e. The Kier molecular flexibility index (Phi) is 10.4. The Morgan fingerprint density at radius 1 is 0.739 bits per heavy atom. The molecule has 0 aromatic heterocycles. The number of hydrogen-bond acceptors (Lipinski definition) is 7. The number of carbonyl (C=O) groups excluding carboxylic acids is 4. The Hall–Kier alpha value is -5.44. The van der Waals surface area contributed by atoms with Crippen molar-refractivity contribution < 1.29 is 33.4 Å². The minimum absolute atomic E-state index is 0.000159. The lowest BCUT2D eigenvalue weighted by atomic mass is 9.98. The summed E-state index contributed by atoms with van der Waals surface area (Å²) < 4.78 is 16.1. The van der Waals surface area contributed by atoms with Crippen molar-refractivity contribution in [3.63, 3.8) is 0 Å². The fourth-order valence-electron chi connectivity index (χ4n) is 5.70. The summed E-state index contributed by atoms with van der Waals surface area (Å²) >= 11 is 0. The van der Waals surface area contributed by atoms with E-state index in [1.165, 1.54) is 19.1 Å². The van der Waals surface area contributed by atoms with Gasteiger partial charge in [0.05, 0.1) is 13.5 Å². The molecule has 236 valence electrons. The fourth-order valence-corrected chi connectivity index (χ4v) is 5.70. The third kappa shape index (κ3) is 7.61. The number of benzene rings is 4. The maximum atomic E-state index is 13.9. The highest BCUT2D eigenvalue weighted by molar-refractivity contribution is 5.92. The molecule has 0 bridgehead atoms. The Labute approximate surface area is 268 Å². The van der Waals surface area contributed by atoms with Gasteiger partial charge in [0.15, 0.2) is 0 Å². The fraction of sp³-hybridized carbons (Fsp3) is 0.243.